The molecule has 1 amide bonds. The van der Waals surface area contributed by atoms with Crippen molar-refractivity contribution >= 4 is 23.2 Å². The Balaban J connectivity index is 2.06. The van der Waals surface area contributed by atoms with Crippen LogP contribution in [0.4, 0.5) is 5.69 Å². The number of hydrogen-bond donors (Lipinski definition) is 1. The average Bonchev–Trinajstić information content (AvgIpc) is 2.54. The molecule has 3 nitrogen and oxygen atoms in total. The quantitative estimate of drug-likeness (QED) is 0.784. The lowest BCUT2D eigenvalue weighted by molar-refractivity contribution is -0.122. The summed E-state index contributed by atoms with van der Waals surface area (Å²) in [4.78, 5) is 12.4. The molecular formula is C20H24ClNO2. The molecule has 0 bridgehead atoms. The van der Waals surface area contributed by atoms with Crippen LogP contribution in [0.5, 0.6) is 5.75 Å². The summed E-state index contributed by atoms with van der Waals surface area (Å²) in [5.74, 6) is 0.481. The molecule has 24 heavy (non-hydrogen) atoms. The molecule has 0 aliphatic carbocycles. The Bertz CT molecular complexity index is 690. The summed E-state index contributed by atoms with van der Waals surface area (Å²) in [7, 11) is 0. The Kier molecular flexibility index (Phi) is 5.89. The lowest BCUT2D eigenvalue weighted by Crippen LogP contribution is -2.32. The fourth-order valence-corrected chi connectivity index (χ4v) is 2.48. The molecule has 0 saturated carbocycles. The summed E-state index contributed by atoms with van der Waals surface area (Å²) in [5.41, 5.74) is 1.90. The summed E-state index contributed by atoms with van der Waals surface area (Å²) in [6.07, 6.45) is -0.00104. The van der Waals surface area contributed by atoms with Crippen molar-refractivity contribution in [2.45, 2.75) is 45.6 Å². The number of carbonyl (C=O) groups is 1. The van der Waals surface area contributed by atoms with Gasteiger partial charge in [0.1, 0.15) is 5.75 Å². The van der Waals surface area contributed by atoms with Gasteiger partial charge >= 0.3 is 0 Å². The van der Waals surface area contributed by atoms with Gasteiger partial charge in [-0.1, -0.05) is 63.6 Å². The van der Waals surface area contributed by atoms with Gasteiger partial charge in [-0.2, -0.15) is 0 Å². The molecule has 2 aromatic rings. The smallest absolute Gasteiger partial charge is 0.265 e. The van der Waals surface area contributed by atoms with Crippen LogP contribution in [0.2, 0.25) is 5.02 Å². The van der Waals surface area contributed by atoms with Gasteiger partial charge in [-0.15, -0.1) is 0 Å². The number of carbonyl (C=O) groups excluding carboxylic acids is 1. The zero-order valence-corrected chi connectivity index (χ0v) is 15.4. The third-order valence-electron chi connectivity index (χ3n) is 3.79. The third-order valence-corrected chi connectivity index (χ3v) is 4.12. The van der Waals surface area contributed by atoms with Crippen molar-refractivity contribution in [1.29, 1.82) is 0 Å². The molecule has 0 fully saturated rings. The molecule has 1 atom stereocenters. The number of anilines is 1. The first-order valence-corrected chi connectivity index (χ1v) is 8.51. The molecule has 128 valence electrons. The van der Waals surface area contributed by atoms with E-state index in [-0.39, 0.29) is 11.3 Å². The standard InChI is InChI=1S/C20H24ClNO2/c1-5-18(19(23)22-17-9-7-6-8-16(17)21)24-15-12-10-14(11-13-15)20(2,3)4/h6-13,18H,5H2,1-4H3,(H,22,23)/t18-/m0/s1. The van der Waals surface area contributed by atoms with Gasteiger partial charge in [-0.3, -0.25) is 4.79 Å². The molecule has 0 saturated heterocycles. The van der Waals surface area contributed by atoms with Gasteiger partial charge in [0.05, 0.1) is 10.7 Å². The zero-order chi connectivity index (χ0) is 17.7. The molecule has 2 rings (SSSR count). The highest BCUT2D eigenvalue weighted by molar-refractivity contribution is 6.33. The predicted molar refractivity (Wildman–Crippen MR) is 99.9 cm³/mol. The van der Waals surface area contributed by atoms with E-state index in [9.17, 15) is 4.79 Å². The molecular weight excluding hydrogens is 322 g/mol. The minimum absolute atomic E-state index is 0.0874. The number of hydrogen-bond acceptors (Lipinski definition) is 2. The molecule has 0 aromatic heterocycles. The van der Waals surface area contributed by atoms with Crippen LogP contribution in [0.1, 0.15) is 39.7 Å². The van der Waals surface area contributed by atoms with Crippen molar-refractivity contribution < 1.29 is 9.53 Å². The molecule has 0 aliphatic rings. The van der Waals surface area contributed by atoms with Crippen LogP contribution in [0, 0.1) is 0 Å². The summed E-state index contributed by atoms with van der Waals surface area (Å²) in [5, 5.41) is 3.33. The van der Waals surface area contributed by atoms with Crippen LogP contribution in [0.3, 0.4) is 0 Å². The van der Waals surface area contributed by atoms with Gasteiger partial charge in [0.25, 0.3) is 5.91 Å². The second-order valence-electron chi connectivity index (χ2n) is 6.76. The Morgan fingerprint density at radius 2 is 1.75 bits per heavy atom. The number of nitrogens with one attached hydrogen (secondary N) is 1. The zero-order valence-electron chi connectivity index (χ0n) is 14.6. The van der Waals surface area contributed by atoms with Crippen molar-refractivity contribution in [2.24, 2.45) is 0 Å². The highest BCUT2D eigenvalue weighted by atomic mass is 35.5. The van der Waals surface area contributed by atoms with Crippen molar-refractivity contribution in [1.82, 2.24) is 0 Å². The summed E-state index contributed by atoms with van der Waals surface area (Å²) in [6, 6.07) is 15.0. The lowest BCUT2D eigenvalue weighted by atomic mass is 9.87. The molecule has 1 N–H and O–H groups in total. The summed E-state index contributed by atoms with van der Waals surface area (Å²) >= 11 is 6.08. The first-order valence-electron chi connectivity index (χ1n) is 8.14. The van der Waals surface area contributed by atoms with Crippen molar-refractivity contribution in [3.8, 4) is 5.75 Å². The van der Waals surface area contributed by atoms with Gasteiger partial charge < -0.3 is 10.1 Å². The molecule has 0 aliphatic heterocycles. The molecule has 0 unspecified atom stereocenters. The minimum Gasteiger partial charge on any atom is -0.481 e. The van der Waals surface area contributed by atoms with E-state index in [1.165, 1.54) is 5.56 Å². The SMILES string of the molecule is CC[C@H](Oc1ccc(C(C)(C)C)cc1)C(=O)Nc1ccccc1Cl. The number of ether oxygens (including phenoxy) is 1. The maximum absolute atomic E-state index is 12.4. The summed E-state index contributed by atoms with van der Waals surface area (Å²) in [6.45, 7) is 8.40. The molecule has 0 heterocycles. The Labute approximate surface area is 149 Å². The number of rotatable bonds is 5. The predicted octanol–water partition coefficient (Wildman–Crippen LogP) is 5.43. The number of para-hydroxylation sites is 1. The van der Waals surface area contributed by atoms with Crippen molar-refractivity contribution in [3.05, 3.63) is 59.1 Å². The van der Waals surface area contributed by atoms with Gasteiger partial charge in [-0.05, 0) is 41.7 Å². The van der Waals surface area contributed by atoms with E-state index in [2.05, 4.69) is 26.1 Å². The Morgan fingerprint density at radius 1 is 1.12 bits per heavy atom. The van der Waals surface area contributed by atoms with Gasteiger partial charge in [0.15, 0.2) is 6.10 Å². The van der Waals surface area contributed by atoms with E-state index >= 15 is 0 Å². The highest BCUT2D eigenvalue weighted by Gasteiger charge is 2.20. The monoisotopic (exact) mass is 345 g/mol. The van der Waals surface area contributed by atoms with E-state index in [0.29, 0.717) is 22.9 Å². The fraction of sp³-hybridized carbons (Fsp3) is 0.350. The van der Waals surface area contributed by atoms with Crippen LogP contribution in [-0.4, -0.2) is 12.0 Å². The number of halogens is 1. The van der Waals surface area contributed by atoms with Crippen LogP contribution in [0.15, 0.2) is 48.5 Å². The minimum atomic E-state index is -0.568. The van der Waals surface area contributed by atoms with Crippen LogP contribution in [0.25, 0.3) is 0 Å². The van der Waals surface area contributed by atoms with Gasteiger partial charge in [0, 0.05) is 0 Å². The van der Waals surface area contributed by atoms with E-state index < -0.39 is 6.10 Å². The van der Waals surface area contributed by atoms with Gasteiger partial charge in [0.2, 0.25) is 0 Å². The lowest BCUT2D eigenvalue weighted by Gasteiger charge is -2.21. The van der Waals surface area contributed by atoms with Crippen molar-refractivity contribution in [2.75, 3.05) is 5.32 Å². The second-order valence-corrected chi connectivity index (χ2v) is 7.17. The Hall–Kier alpha value is -2.00. The molecule has 0 radical (unpaired) electrons. The third kappa shape index (κ3) is 4.75. The van der Waals surface area contributed by atoms with E-state index in [4.69, 9.17) is 16.3 Å². The fourth-order valence-electron chi connectivity index (χ4n) is 2.30. The topological polar surface area (TPSA) is 38.3 Å². The average molecular weight is 346 g/mol. The molecule has 2 aromatic carbocycles. The molecule has 4 heteroatoms. The summed E-state index contributed by atoms with van der Waals surface area (Å²) < 4.78 is 5.85. The normalized spacial score (nSPS) is 12.5. The van der Waals surface area contributed by atoms with E-state index in [1.54, 1.807) is 12.1 Å². The number of benzene rings is 2. The van der Waals surface area contributed by atoms with E-state index in [1.807, 2.05) is 43.3 Å². The second kappa shape index (κ2) is 7.71. The van der Waals surface area contributed by atoms with Gasteiger partial charge in [-0.25, -0.2) is 0 Å². The van der Waals surface area contributed by atoms with E-state index in [0.717, 1.165) is 0 Å². The Morgan fingerprint density at radius 3 is 2.29 bits per heavy atom. The maximum Gasteiger partial charge on any atom is 0.265 e. The van der Waals surface area contributed by atoms with Crippen LogP contribution in [-0.2, 0) is 10.2 Å². The maximum atomic E-state index is 12.4. The first kappa shape index (κ1) is 18.3. The number of amides is 1. The molecule has 0 spiro atoms. The first-order chi connectivity index (χ1) is 11.3. The van der Waals surface area contributed by atoms with Crippen LogP contribution >= 0.6 is 11.6 Å². The van der Waals surface area contributed by atoms with Crippen molar-refractivity contribution in [3.63, 3.8) is 0 Å². The largest absolute Gasteiger partial charge is 0.481 e. The highest BCUT2D eigenvalue weighted by Crippen LogP contribution is 2.25. The van der Waals surface area contributed by atoms with Crippen LogP contribution < -0.4 is 10.1 Å².